The summed E-state index contributed by atoms with van der Waals surface area (Å²) >= 11 is 1.89. The van der Waals surface area contributed by atoms with Crippen molar-refractivity contribution < 1.29 is 0 Å². The molecule has 0 spiro atoms. The van der Waals surface area contributed by atoms with Gasteiger partial charge >= 0.3 is 0 Å². The Hall–Kier alpha value is -0.610. The third kappa shape index (κ3) is 3.95. The van der Waals surface area contributed by atoms with Gasteiger partial charge in [0.2, 0.25) is 0 Å². The lowest BCUT2D eigenvalue weighted by Crippen LogP contribution is -2.38. The Morgan fingerprint density at radius 1 is 1.30 bits per heavy atom. The quantitative estimate of drug-likeness (QED) is 0.898. The van der Waals surface area contributed by atoms with E-state index in [4.69, 9.17) is 4.98 Å². The van der Waals surface area contributed by atoms with Crippen LogP contribution in [0.25, 0.3) is 0 Å². The number of aryl methyl sites for hydroxylation is 1. The summed E-state index contributed by atoms with van der Waals surface area (Å²) in [5, 5.41) is 4.76. The number of anilines is 1. The summed E-state index contributed by atoms with van der Waals surface area (Å²) < 4.78 is 0. The second kappa shape index (κ2) is 6.90. The number of piperidine rings is 1. The van der Waals surface area contributed by atoms with Crippen molar-refractivity contribution in [1.29, 1.82) is 0 Å². The third-order valence-electron chi connectivity index (χ3n) is 3.91. The Kier molecular flexibility index (Phi) is 5.44. The molecule has 0 amide bonds. The summed E-state index contributed by atoms with van der Waals surface area (Å²) in [5.41, 5.74) is 1.28. The fourth-order valence-electron chi connectivity index (χ4n) is 3.04. The highest BCUT2D eigenvalue weighted by Crippen LogP contribution is 2.31. The topological polar surface area (TPSA) is 28.2 Å². The molecule has 2 unspecified atom stereocenters. The van der Waals surface area contributed by atoms with Crippen LogP contribution in [0.1, 0.15) is 51.6 Å². The van der Waals surface area contributed by atoms with Crippen LogP contribution in [0.3, 0.4) is 0 Å². The number of hydrogen-bond donors (Lipinski definition) is 1. The van der Waals surface area contributed by atoms with Crippen LogP contribution >= 0.6 is 11.3 Å². The van der Waals surface area contributed by atoms with Crippen molar-refractivity contribution in [2.24, 2.45) is 11.8 Å². The number of hydrogen-bond acceptors (Lipinski definition) is 4. The highest BCUT2D eigenvalue weighted by molar-refractivity contribution is 7.15. The van der Waals surface area contributed by atoms with Crippen molar-refractivity contribution in [3.63, 3.8) is 0 Å². The van der Waals surface area contributed by atoms with Crippen molar-refractivity contribution >= 4 is 16.5 Å². The van der Waals surface area contributed by atoms with Crippen LogP contribution in [0.15, 0.2) is 0 Å². The number of aromatic nitrogens is 1. The molecule has 0 aromatic carbocycles. The van der Waals surface area contributed by atoms with Crippen LogP contribution < -0.4 is 10.2 Å². The van der Waals surface area contributed by atoms with Crippen LogP contribution in [0, 0.1) is 11.8 Å². The molecule has 2 heterocycles. The van der Waals surface area contributed by atoms with Gasteiger partial charge in [0.15, 0.2) is 5.13 Å². The van der Waals surface area contributed by atoms with Gasteiger partial charge in [-0.1, -0.05) is 34.6 Å². The van der Waals surface area contributed by atoms with Gasteiger partial charge in [-0.25, -0.2) is 4.98 Å². The zero-order valence-corrected chi connectivity index (χ0v) is 14.4. The Bertz CT molecular complexity index is 417. The maximum Gasteiger partial charge on any atom is 0.185 e. The van der Waals surface area contributed by atoms with E-state index < -0.39 is 0 Å². The molecule has 114 valence electrons. The molecule has 0 bridgehead atoms. The Balaban J connectivity index is 2.11. The van der Waals surface area contributed by atoms with E-state index in [2.05, 4.69) is 44.8 Å². The largest absolute Gasteiger partial charge is 0.348 e. The van der Waals surface area contributed by atoms with E-state index in [1.165, 1.54) is 22.1 Å². The lowest BCUT2D eigenvalue weighted by molar-refractivity contribution is 0.356. The van der Waals surface area contributed by atoms with Gasteiger partial charge < -0.3 is 10.2 Å². The molecule has 2 atom stereocenters. The van der Waals surface area contributed by atoms with Crippen molar-refractivity contribution in [2.45, 2.75) is 60.0 Å². The van der Waals surface area contributed by atoms with Crippen molar-refractivity contribution in [3.05, 3.63) is 10.6 Å². The number of rotatable bonds is 5. The summed E-state index contributed by atoms with van der Waals surface area (Å²) in [6.45, 7) is 14.6. The number of thiazole rings is 1. The van der Waals surface area contributed by atoms with Gasteiger partial charge in [0.1, 0.15) is 0 Å². The molecule has 0 radical (unpaired) electrons. The molecular weight excluding hydrogens is 266 g/mol. The highest BCUT2D eigenvalue weighted by Gasteiger charge is 2.24. The fourth-order valence-corrected chi connectivity index (χ4v) is 4.15. The molecule has 2 rings (SSSR count). The van der Waals surface area contributed by atoms with E-state index in [-0.39, 0.29) is 0 Å². The third-order valence-corrected chi connectivity index (χ3v) is 5.07. The van der Waals surface area contributed by atoms with Gasteiger partial charge in [-0.3, -0.25) is 0 Å². The Morgan fingerprint density at radius 3 is 2.50 bits per heavy atom. The number of nitrogens with zero attached hydrogens (tertiary/aromatic N) is 2. The molecule has 1 aliphatic rings. The minimum absolute atomic E-state index is 0.528. The summed E-state index contributed by atoms with van der Waals surface area (Å²) in [4.78, 5) is 8.82. The monoisotopic (exact) mass is 295 g/mol. The lowest BCUT2D eigenvalue weighted by Gasteiger charge is -2.34. The molecule has 3 nitrogen and oxygen atoms in total. The first-order valence-corrected chi connectivity index (χ1v) is 8.78. The van der Waals surface area contributed by atoms with Gasteiger partial charge in [0.05, 0.1) is 5.69 Å². The summed E-state index contributed by atoms with van der Waals surface area (Å²) in [6.07, 6.45) is 2.38. The molecule has 1 aliphatic heterocycles. The van der Waals surface area contributed by atoms with E-state index in [1.54, 1.807) is 0 Å². The zero-order valence-electron chi connectivity index (χ0n) is 13.6. The summed E-state index contributed by atoms with van der Waals surface area (Å²) in [7, 11) is 0. The van der Waals surface area contributed by atoms with Crippen LogP contribution in [0.2, 0.25) is 0 Å². The first-order chi connectivity index (χ1) is 9.49. The maximum absolute atomic E-state index is 4.90. The Morgan fingerprint density at radius 2 is 1.95 bits per heavy atom. The first-order valence-electron chi connectivity index (χ1n) is 7.96. The maximum atomic E-state index is 4.90. The van der Waals surface area contributed by atoms with Crippen molar-refractivity contribution in [2.75, 3.05) is 18.0 Å². The molecule has 4 heteroatoms. The first kappa shape index (κ1) is 15.8. The van der Waals surface area contributed by atoms with E-state index in [0.29, 0.717) is 6.04 Å². The van der Waals surface area contributed by atoms with Gasteiger partial charge in [0.25, 0.3) is 0 Å². The van der Waals surface area contributed by atoms with Gasteiger partial charge in [-0.05, 0) is 24.7 Å². The zero-order chi connectivity index (χ0) is 14.7. The SMILES string of the molecule is CCc1nc(N2CC(C)CC(C)C2)sc1CNC(C)C. The average Bonchev–Trinajstić information content (AvgIpc) is 2.78. The van der Waals surface area contributed by atoms with Gasteiger partial charge in [0, 0.05) is 30.6 Å². The normalized spacial score (nSPS) is 23.6. The number of nitrogens with one attached hydrogen (secondary N) is 1. The molecule has 1 aromatic heterocycles. The van der Waals surface area contributed by atoms with Crippen molar-refractivity contribution in [3.8, 4) is 0 Å². The van der Waals surface area contributed by atoms with Gasteiger partial charge in [-0.15, -0.1) is 11.3 Å². The van der Waals surface area contributed by atoms with Crippen LogP contribution in [0.4, 0.5) is 5.13 Å². The standard InChI is InChI=1S/C16H29N3S/c1-6-14-15(8-17-11(2)3)20-16(18-14)19-9-12(4)7-13(5)10-19/h11-13,17H,6-10H2,1-5H3. The van der Waals surface area contributed by atoms with E-state index >= 15 is 0 Å². The molecular formula is C16H29N3S. The second-order valence-electron chi connectivity index (χ2n) is 6.61. The summed E-state index contributed by atoms with van der Waals surface area (Å²) in [6, 6.07) is 0.528. The molecule has 0 aliphatic carbocycles. The summed E-state index contributed by atoms with van der Waals surface area (Å²) in [5.74, 6) is 1.56. The fraction of sp³-hybridized carbons (Fsp3) is 0.812. The van der Waals surface area contributed by atoms with E-state index in [9.17, 15) is 0 Å². The Labute approximate surface area is 127 Å². The highest BCUT2D eigenvalue weighted by atomic mass is 32.1. The van der Waals surface area contributed by atoms with Crippen LogP contribution in [-0.4, -0.2) is 24.1 Å². The molecule has 1 N–H and O–H groups in total. The second-order valence-corrected chi connectivity index (χ2v) is 7.67. The minimum Gasteiger partial charge on any atom is -0.348 e. The van der Waals surface area contributed by atoms with Crippen LogP contribution in [-0.2, 0) is 13.0 Å². The van der Waals surface area contributed by atoms with E-state index in [0.717, 1.165) is 37.9 Å². The molecule has 1 fully saturated rings. The predicted octanol–water partition coefficient (Wildman–Crippen LogP) is 3.69. The minimum atomic E-state index is 0.528. The molecule has 20 heavy (non-hydrogen) atoms. The average molecular weight is 295 g/mol. The molecule has 1 aromatic rings. The smallest absolute Gasteiger partial charge is 0.185 e. The van der Waals surface area contributed by atoms with E-state index in [1.807, 2.05) is 11.3 Å². The predicted molar refractivity (Wildman–Crippen MR) is 88.6 cm³/mol. The van der Waals surface area contributed by atoms with Crippen LogP contribution in [0.5, 0.6) is 0 Å². The molecule has 1 saturated heterocycles. The van der Waals surface area contributed by atoms with Gasteiger partial charge in [-0.2, -0.15) is 0 Å². The van der Waals surface area contributed by atoms with Crippen molar-refractivity contribution in [1.82, 2.24) is 10.3 Å². The molecule has 0 saturated carbocycles. The lowest BCUT2D eigenvalue weighted by atomic mass is 9.92.